The van der Waals surface area contributed by atoms with Crippen LogP contribution in [0, 0.1) is 0 Å². The van der Waals surface area contributed by atoms with E-state index in [2.05, 4.69) is 10.6 Å². The highest BCUT2D eigenvalue weighted by atomic mass is 16.5. The van der Waals surface area contributed by atoms with Gasteiger partial charge in [0, 0.05) is 24.3 Å². The Morgan fingerprint density at radius 3 is 2.68 bits per heavy atom. The topological polar surface area (TPSA) is 68.2 Å². The predicted molar refractivity (Wildman–Crippen MR) is 109 cm³/mol. The van der Waals surface area contributed by atoms with Gasteiger partial charge in [0.05, 0.1) is 18.4 Å². The number of ether oxygens (including phenoxy) is 1. The Bertz CT molecular complexity index is 929. The molecule has 1 aliphatic heterocycles. The molecule has 1 amide bonds. The Labute approximate surface area is 164 Å². The maximum atomic E-state index is 12.9. The fraction of sp³-hybridized carbons (Fsp3) is 0.273. The third-order valence-electron chi connectivity index (χ3n) is 5.01. The van der Waals surface area contributed by atoms with E-state index in [1.165, 1.54) is 0 Å². The van der Waals surface area contributed by atoms with E-state index in [0.717, 1.165) is 36.4 Å². The van der Waals surface area contributed by atoms with Crippen LogP contribution in [0.3, 0.4) is 0 Å². The highest BCUT2D eigenvalue weighted by Crippen LogP contribution is 2.26. The monoisotopic (exact) mass is 376 g/mol. The lowest BCUT2D eigenvalue weighted by atomic mass is 10.1. The summed E-state index contributed by atoms with van der Waals surface area (Å²) >= 11 is 0. The third kappa shape index (κ3) is 3.92. The van der Waals surface area contributed by atoms with Crippen molar-refractivity contribution in [1.82, 2.24) is 20.4 Å². The number of aromatic nitrogens is 2. The second-order valence-electron chi connectivity index (χ2n) is 6.90. The van der Waals surface area contributed by atoms with Crippen molar-refractivity contribution < 1.29 is 9.53 Å². The van der Waals surface area contributed by atoms with Crippen LogP contribution in [-0.4, -0.2) is 41.9 Å². The van der Waals surface area contributed by atoms with Crippen molar-refractivity contribution in [3.8, 4) is 22.7 Å². The van der Waals surface area contributed by atoms with Crippen LogP contribution in [0.1, 0.15) is 23.2 Å². The van der Waals surface area contributed by atoms with Gasteiger partial charge in [0.15, 0.2) is 0 Å². The second-order valence-corrected chi connectivity index (χ2v) is 6.90. The van der Waals surface area contributed by atoms with Gasteiger partial charge in [-0.2, -0.15) is 5.10 Å². The van der Waals surface area contributed by atoms with Crippen LogP contribution < -0.4 is 15.4 Å². The molecule has 4 rings (SSSR count). The van der Waals surface area contributed by atoms with Crippen LogP contribution in [0.5, 0.6) is 5.75 Å². The summed E-state index contributed by atoms with van der Waals surface area (Å²) in [5, 5.41) is 11.2. The average Bonchev–Trinajstić information content (AvgIpc) is 3.43. The number of carbonyl (C=O) groups excluding carboxylic acids is 1. The van der Waals surface area contributed by atoms with Gasteiger partial charge in [-0.3, -0.25) is 4.79 Å². The minimum Gasteiger partial charge on any atom is -0.497 e. The molecule has 28 heavy (non-hydrogen) atoms. The molecule has 6 heteroatoms. The fourth-order valence-electron chi connectivity index (χ4n) is 3.46. The van der Waals surface area contributed by atoms with E-state index in [4.69, 9.17) is 9.84 Å². The Morgan fingerprint density at radius 1 is 1.21 bits per heavy atom. The molecule has 0 aliphatic carbocycles. The van der Waals surface area contributed by atoms with Crippen molar-refractivity contribution >= 4 is 5.91 Å². The van der Waals surface area contributed by atoms with Gasteiger partial charge in [-0.1, -0.05) is 18.2 Å². The molecular weight excluding hydrogens is 352 g/mol. The molecule has 1 unspecified atom stereocenters. The molecule has 144 valence electrons. The lowest BCUT2D eigenvalue weighted by Gasteiger charge is -2.11. The summed E-state index contributed by atoms with van der Waals surface area (Å²) < 4.78 is 6.99. The predicted octanol–water partition coefficient (Wildman–Crippen LogP) is 3.03. The maximum absolute atomic E-state index is 12.9. The summed E-state index contributed by atoms with van der Waals surface area (Å²) in [6.45, 7) is 1.64. The number of rotatable bonds is 6. The van der Waals surface area contributed by atoms with E-state index in [9.17, 15) is 4.79 Å². The molecular formula is C22H24N4O2. The molecule has 6 nitrogen and oxygen atoms in total. The van der Waals surface area contributed by atoms with Gasteiger partial charge in [0.25, 0.3) is 5.91 Å². The van der Waals surface area contributed by atoms with E-state index in [1.807, 2.05) is 54.6 Å². The fourth-order valence-corrected chi connectivity index (χ4v) is 3.46. The number of nitrogens with zero attached hydrogens (tertiary/aromatic N) is 2. The zero-order valence-corrected chi connectivity index (χ0v) is 15.9. The summed E-state index contributed by atoms with van der Waals surface area (Å²) in [6, 6.07) is 17.7. The van der Waals surface area contributed by atoms with Crippen LogP contribution in [0.15, 0.2) is 60.8 Å². The number of methoxy groups -OCH3 is 1. The number of carbonyl (C=O) groups is 1. The number of nitrogens with one attached hydrogen (secondary N) is 2. The van der Waals surface area contributed by atoms with Gasteiger partial charge in [-0.05, 0) is 55.8 Å². The Morgan fingerprint density at radius 2 is 2.00 bits per heavy atom. The SMILES string of the molecule is COc1ccc(-c2nn(-c3ccccc3)cc2C(=O)NCC2CCCN2)cc1. The quantitative estimate of drug-likeness (QED) is 0.694. The van der Waals surface area contributed by atoms with Gasteiger partial charge < -0.3 is 15.4 Å². The highest BCUT2D eigenvalue weighted by Gasteiger charge is 2.21. The molecule has 2 aromatic carbocycles. The Hall–Kier alpha value is -3.12. The van der Waals surface area contributed by atoms with Crippen LogP contribution in [-0.2, 0) is 0 Å². The van der Waals surface area contributed by atoms with E-state index < -0.39 is 0 Å². The molecule has 0 spiro atoms. The first-order valence-corrected chi connectivity index (χ1v) is 9.55. The molecule has 3 aromatic rings. The summed E-state index contributed by atoms with van der Waals surface area (Å²) in [5.41, 5.74) is 3.00. The van der Waals surface area contributed by atoms with Gasteiger partial charge in [-0.15, -0.1) is 0 Å². The molecule has 0 bridgehead atoms. The Balaban J connectivity index is 1.65. The zero-order valence-electron chi connectivity index (χ0n) is 15.9. The van der Waals surface area contributed by atoms with Crippen molar-refractivity contribution in [2.75, 3.05) is 20.2 Å². The number of hydrogen-bond acceptors (Lipinski definition) is 4. The van der Waals surface area contributed by atoms with Crippen molar-refractivity contribution in [3.05, 3.63) is 66.4 Å². The van der Waals surface area contributed by atoms with Gasteiger partial charge in [0.2, 0.25) is 0 Å². The van der Waals surface area contributed by atoms with Crippen molar-refractivity contribution in [2.45, 2.75) is 18.9 Å². The molecule has 0 saturated carbocycles. The molecule has 2 N–H and O–H groups in total. The van der Waals surface area contributed by atoms with Gasteiger partial charge >= 0.3 is 0 Å². The summed E-state index contributed by atoms with van der Waals surface area (Å²) in [5.74, 6) is 0.659. The smallest absolute Gasteiger partial charge is 0.255 e. The molecule has 0 radical (unpaired) electrons. The second kappa shape index (κ2) is 8.27. The zero-order chi connectivity index (χ0) is 19.3. The normalized spacial score (nSPS) is 16.1. The standard InChI is InChI=1S/C22H24N4O2/c1-28-19-11-9-16(10-12-19)21-20(22(27)24-14-17-6-5-13-23-17)15-26(25-21)18-7-3-2-4-8-18/h2-4,7-12,15,17,23H,5-6,13-14H2,1H3,(H,24,27). The van der Waals surface area contributed by atoms with E-state index in [1.54, 1.807) is 18.0 Å². The summed E-state index contributed by atoms with van der Waals surface area (Å²) in [7, 11) is 1.63. The van der Waals surface area contributed by atoms with E-state index in [-0.39, 0.29) is 5.91 Å². The van der Waals surface area contributed by atoms with Crippen LogP contribution in [0.25, 0.3) is 16.9 Å². The van der Waals surface area contributed by atoms with Gasteiger partial charge in [-0.25, -0.2) is 4.68 Å². The Kier molecular flexibility index (Phi) is 5.39. The van der Waals surface area contributed by atoms with Crippen molar-refractivity contribution in [3.63, 3.8) is 0 Å². The van der Waals surface area contributed by atoms with Crippen LogP contribution in [0.2, 0.25) is 0 Å². The van der Waals surface area contributed by atoms with Crippen molar-refractivity contribution in [1.29, 1.82) is 0 Å². The molecule has 1 saturated heterocycles. The van der Waals surface area contributed by atoms with Gasteiger partial charge in [0.1, 0.15) is 11.4 Å². The number of para-hydroxylation sites is 1. The summed E-state index contributed by atoms with van der Waals surface area (Å²) in [4.78, 5) is 12.9. The largest absolute Gasteiger partial charge is 0.497 e. The highest BCUT2D eigenvalue weighted by molar-refractivity contribution is 6.00. The molecule has 1 aliphatic rings. The number of hydrogen-bond donors (Lipinski definition) is 2. The van der Waals surface area contributed by atoms with E-state index >= 15 is 0 Å². The maximum Gasteiger partial charge on any atom is 0.255 e. The molecule has 1 atom stereocenters. The average molecular weight is 376 g/mol. The first-order chi connectivity index (χ1) is 13.7. The minimum absolute atomic E-state index is 0.110. The molecule has 2 heterocycles. The number of amides is 1. The van der Waals surface area contributed by atoms with Crippen LogP contribution >= 0.6 is 0 Å². The van der Waals surface area contributed by atoms with Crippen LogP contribution in [0.4, 0.5) is 0 Å². The third-order valence-corrected chi connectivity index (χ3v) is 5.01. The number of benzene rings is 2. The first kappa shape index (κ1) is 18.3. The van der Waals surface area contributed by atoms with Crippen molar-refractivity contribution in [2.24, 2.45) is 0 Å². The first-order valence-electron chi connectivity index (χ1n) is 9.55. The summed E-state index contributed by atoms with van der Waals surface area (Å²) in [6.07, 6.45) is 4.05. The molecule has 1 fully saturated rings. The minimum atomic E-state index is -0.110. The lowest BCUT2D eigenvalue weighted by molar-refractivity contribution is 0.0951. The van der Waals surface area contributed by atoms with E-state index in [0.29, 0.717) is 23.8 Å². The lowest BCUT2D eigenvalue weighted by Crippen LogP contribution is -2.37. The molecule has 1 aromatic heterocycles.